The average Bonchev–Trinajstić information content (AvgIpc) is 2.66. The van der Waals surface area contributed by atoms with Crippen LogP contribution in [0.4, 0.5) is 0 Å². The molecule has 0 spiro atoms. The van der Waals surface area contributed by atoms with Crippen LogP contribution in [0.1, 0.15) is 16.7 Å². The number of ether oxygens (including phenoxy) is 1. The zero-order chi connectivity index (χ0) is 9.97. The van der Waals surface area contributed by atoms with E-state index in [2.05, 4.69) is 23.0 Å². The third kappa shape index (κ3) is 1.55. The van der Waals surface area contributed by atoms with E-state index in [9.17, 15) is 4.79 Å². The molecule has 2 heteroatoms. The molecule has 0 N–H and O–H groups in total. The molecule has 72 valence electrons. The second-order valence-corrected chi connectivity index (χ2v) is 3.34. The lowest BCUT2D eigenvalue weighted by atomic mass is 10.0. The monoisotopic (exact) mass is 188 g/mol. The molecule has 1 aliphatic rings. The van der Waals surface area contributed by atoms with Crippen molar-refractivity contribution in [2.24, 2.45) is 0 Å². The van der Waals surface area contributed by atoms with Gasteiger partial charge < -0.3 is 4.74 Å². The number of carbonyl (C=O) groups excluding carboxylic acids is 1. The summed E-state index contributed by atoms with van der Waals surface area (Å²) in [5, 5.41) is 0. The van der Waals surface area contributed by atoms with Crippen molar-refractivity contribution in [3.8, 4) is 0 Å². The van der Waals surface area contributed by atoms with Crippen LogP contribution in [0.25, 0.3) is 6.08 Å². The van der Waals surface area contributed by atoms with E-state index in [0.29, 0.717) is 6.42 Å². The number of esters is 1. The van der Waals surface area contributed by atoms with Gasteiger partial charge in [0.05, 0.1) is 13.5 Å². The number of carbonyl (C=O) groups is 1. The summed E-state index contributed by atoms with van der Waals surface area (Å²) in [7, 11) is 1.42. The molecule has 0 aliphatic heterocycles. The molecule has 0 unspecified atom stereocenters. The summed E-state index contributed by atoms with van der Waals surface area (Å²) < 4.78 is 4.65. The molecule has 0 amide bonds. The average molecular weight is 188 g/mol. The summed E-state index contributed by atoms with van der Waals surface area (Å²) in [6.45, 7) is 0. The molecule has 0 saturated carbocycles. The largest absolute Gasteiger partial charge is 0.469 e. The van der Waals surface area contributed by atoms with Crippen LogP contribution < -0.4 is 0 Å². The Labute approximate surface area is 83.2 Å². The van der Waals surface area contributed by atoms with Crippen molar-refractivity contribution < 1.29 is 9.53 Å². The zero-order valence-corrected chi connectivity index (χ0v) is 8.12. The van der Waals surface area contributed by atoms with Crippen molar-refractivity contribution in [3.05, 3.63) is 41.0 Å². The predicted octanol–water partition coefficient (Wildman–Crippen LogP) is 1.97. The molecular formula is C12H12O2. The zero-order valence-electron chi connectivity index (χ0n) is 8.12. The Hall–Kier alpha value is -1.57. The topological polar surface area (TPSA) is 26.3 Å². The molecule has 1 aliphatic carbocycles. The van der Waals surface area contributed by atoms with E-state index >= 15 is 0 Å². The Morgan fingerprint density at radius 3 is 3.14 bits per heavy atom. The van der Waals surface area contributed by atoms with E-state index in [1.54, 1.807) is 0 Å². The van der Waals surface area contributed by atoms with Crippen LogP contribution >= 0.6 is 0 Å². The van der Waals surface area contributed by atoms with Gasteiger partial charge in [0.25, 0.3) is 0 Å². The van der Waals surface area contributed by atoms with Crippen molar-refractivity contribution in [1.29, 1.82) is 0 Å². The van der Waals surface area contributed by atoms with Crippen LogP contribution in [0.2, 0.25) is 0 Å². The van der Waals surface area contributed by atoms with Crippen molar-refractivity contribution in [2.75, 3.05) is 7.11 Å². The van der Waals surface area contributed by atoms with Crippen LogP contribution in [0.15, 0.2) is 24.3 Å². The van der Waals surface area contributed by atoms with Crippen molar-refractivity contribution in [1.82, 2.24) is 0 Å². The van der Waals surface area contributed by atoms with Crippen LogP contribution in [-0.4, -0.2) is 13.1 Å². The minimum absolute atomic E-state index is 0.176. The SMILES string of the molecule is COC(=O)Cc1cccc2c1CC=C2. The van der Waals surface area contributed by atoms with Gasteiger partial charge in [-0.1, -0.05) is 30.4 Å². The quantitative estimate of drug-likeness (QED) is 0.663. The van der Waals surface area contributed by atoms with Gasteiger partial charge in [0.1, 0.15) is 0 Å². The smallest absolute Gasteiger partial charge is 0.309 e. The summed E-state index contributed by atoms with van der Waals surface area (Å²) in [4.78, 5) is 11.1. The minimum Gasteiger partial charge on any atom is -0.469 e. The van der Waals surface area contributed by atoms with Gasteiger partial charge in [-0.25, -0.2) is 0 Å². The van der Waals surface area contributed by atoms with Crippen molar-refractivity contribution in [3.63, 3.8) is 0 Å². The molecule has 0 atom stereocenters. The first kappa shape index (κ1) is 9.00. The number of allylic oxidation sites excluding steroid dienone is 1. The standard InChI is InChI=1S/C12H12O2/c1-14-12(13)8-10-6-2-4-9-5-3-7-11(9)10/h2-6H,7-8H2,1H3. The van der Waals surface area contributed by atoms with Gasteiger partial charge in [0.2, 0.25) is 0 Å². The molecule has 14 heavy (non-hydrogen) atoms. The summed E-state index contributed by atoms with van der Waals surface area (Å²) in [6, 6.07) is 6.04. The Kier molecular flexibility index (Phi) is 2.35. The molecule has 1 aromatic carbocycles. The lowest BCUT2D eigenvalue weighted by Gasteiger charge is -2.06. The van der Waals surface area contributed by atoms with Gasteiger partial charge in [-0.3, -0.25) is 4.79 Å². The summed E-state index contributed by atoms with van der Waals surface area (Å²) >= 11 is 0. The summed E-state index contributed by atoms with van der Waals surface area (Å²) in [5.74, 6) is -0.176. The number of hydrogen-bond acceptors (Lipinski definition) is 2. The predicted molar refractivity (Wildman–Crippen MR) is 54.9 cm³/mol. The van der Waals surface area contributed by atoms with Gasteiger partial charge in [-0.15, -0.1) is 0 Å². The Balaban J connectivity index is 2.28. The maximum atomic E-state index is 11.1. The maximum absolute atomic E-state index is 11.1. The van der Waals surface area contributed by atoms with E-state index < -0.39 is 0 Å². The second-order valence-electron chi connectivity index (χ2n) is 3.34. The highest BCUT2D eigenvalue weighted by Crippen LogP contribution is 2.23. The molecule has 0 bridgehead atoms. The fourth-order valence-corrected chi connectivity index (χ4v) is 1.76. The van der Waals surface area contributed by atoms with Gasteiger partial charge in [0, 0.05) is 0 Å². The molecule has 0 fully saturated rings. The fourth-order valence-electron chi connectivity index (χ4n) is 1.76. The molecule has 0 heterocycles. The highest BCUT2D eigenvalue weighted by Gasteiger charge is 2.12. The van der Waals surface area contributed by atoms with Crippen molar-refractivity contribution in [2.45, 2.75) is 12.8 Å². The molecule has 1 aromatic rings. The fraction of sp³-hybridized carbons (Fsp3) is 0.250. The Bertz CT molecular complexity index is 391. The number of fused-ring (bicyclic) bond motifs is 1. The Morgan fingerprint density at radius 2 is 2.36 bits per heavy atom. The first-order valence-electron chi connectivity index (χ1n) is 4.65. The number of rotatable bonds is 2. The number of hydrogen-bond donors (Lipinski definition) is 0. The first-order valence-corrected chi connectivity index (χ1v) is 4.65. The molecule has 2 rings (SSSR count). The van der Waals surface area contributed by atoms with Crippen LogP contribution in [0.3, 0.4) is 0 Å². The van der Waals surface area contributed by atoms with Crippen LogP contribution in [0, 0.1) is 0 Å². The first-order chi connectivity index (χ1) is 6.81. The normalized spacial score (nSPS) is 12.6. The number of benzene rings is 1. The third-order valence-electron chi connectivity index (χ3n) is 2.49. The number of methoxy groups -OCH3 is 1. The van der Waals surface area contributed by atoms with Gasteiger partial charge >= 0.3 is 5.97 Å². The van der Waals surface area contributed by atoms with Crippen LogP contribution in [0.5, 0.6) is 0 Å². The highest BCUT2D eigenvalue weighted by atomic mass is 16.5. The third-order valence-corrected chi connectivity index (χ3v) is 2.49. The second kappa shape index (κ2) is 3.66. The molecule has 0 radical (unpaired) electrons. The minimum atomic E-state index is -0.176. The van der Waals surface area contributed by atoms with E-state index in [1.807, 2.05) is 12.1 Å². The lowest BCUT2D eigenvalue weighted by molar-refractivity contribution is -0.139. The summed E-state index contributed by atoms with van der Waals surface area (Å²) in [6.07, 6.45) is 5.52. The van der Waals surface area contributed by atoms with Crippen LogP contribution in [-0.2, 0) is 22.4 Å². The summed E-state index contributed by atoms with van der Waals surface area (Å²) in [5.41, 5.74) is 3.57. The lowest BCUT2D eigenvalue weighted by Crippen LogP contribution is -2.06. The van der Waals surface area contributed by atoms with E-state index in [4.69, 9.17) is 0 Å². The van der Waals surface area contributed by atoms with Gasteiger partial charge in [0.15, 0.2) is 0 Å². The molecule has 0 saturated heterocycles. The van der Waals surface area contributed by atoms with Gasteiger partial charge in [-0.05, 0) is 23.1 Å². The molecule has 0 aromatic heterocycles. The van der Waals surface area contributed by atoms with E-state index in [1.165, 1.54) is 18.2 Å². The van der Waals surface area contributed by atoms with Gasteiger partial charge in [-0.2, -0.15) is 0 Å². The van der Waals surface area contributed by atoms with E-state index in [-0.39, 0.29) is 5.97 Å². The molecular weight excluding hydrogens is 176 g/mol. The Morgan fingerprint density at radius 1 is 1.50 bits per heavy atom. The maximum Gasteiger partial charge on any atom is 0.309 e. The highest BCUT2D eigenvalue weighted by molar-refractivity contribution is 5.74. The molecule has 2 nitrogen and oxygen atoms in total. The van der Waals surface area contributed by atoms with Crippen molar-refractivity contribution >= 4 is 12.0 Å². The van der Waals surface area contributed by atoms with E-state index in [0.717, 1.165) is 12.0 Å².